The summed E-state index contributed by atoms with van der Waals surface area (Å²) in [5.41, 5.74) is 0. The Morgan fingerprint density at radius 3 is 1.81 bits per heavy atom. The molecule has 3 nitrogen and oxygen atoms in total. The van der Waals surface area contributed by atoms with E-state index in [1.165, 1.54) is 0 Å². The third kappa shape index (κ3) is 3.97. The van der Waals surface area contributed by atoms with Crippen LogP contribution in [-0.4, -0.2) is 32.7 Å². The fourth-order valence-corrected chi connectivity index (χ4v) is 2.39. The molecule has 0 spiro atoms. The summed E-state index contributed by atoms with van der Waals surface area (Å²) >= 11 is 1.63. The van der Waals surface area contributed by atoms with Gasteiger partial charge in [0, 0.05) is 12.0 Å². The highest BCUT2D eigenvalue weighted by atomic mass is 35.7. The van der Waals surface area contributed by atoms with E-state index in [1.54, 1.807) is 26.0 Å². The van der Waals surface area contributed by atoms with Gasteiger partial charge in [0.25, 0.3) is 0 Å². The van der Waals surface area contributed by atoms with Crippen LogP contribution in [0.15, 0.2) is 21.9 Å². The van der Waals surface area contributed by atoms with Crippen molar-refractivity contribution in [2.24, 2.45) is 0 Å². The molecule has 0 aliphatic carbocycles. The Morgan fingerprint density at radius 2 is 1.56 bits per heavy atom. The van der Waals surface area contributed by atoms with Crippen molar-refractivity contribution in [2.75, 3.05) is 27.6 Å². The molecule has 1 aromatic carbocycles. The van der Waals surface area contributed by atoms with Crippen molar-refractivity contribution >= 4 is 33.4 Å². The Labute approximate surface area is 109 Å². The fraction of sp³-hybridized carbons (Fsp3) is 0.400. The standard InChI is InChI=1S/C9H11ClO2S2.CH4O/c1-11-7-4-6(13-3)5-8(12-2)9(7)14-10;1-2/h4-5H,1-3H3;2H,1H3. The van der Waals surface area contributed by atoms with Crippen LogP contribution in [0.1, 0.15) is 0 Å². The SMILES string of the molecule is CO.COc1cc(SC)cc(OC)c1SCl. The Balaban J connectivity index is 0.00000106. The van der Waals surface area contributed by atoms with Crippen LogP contribution < -0.4 is 9.47 Å². The van der Waals surface area contributed by atoms with Crippen LogP contribution in [-0.2, 0) is 0 Å². The van der Waals surface area contributed by atoms with E-state index in [0.717, 1.165) is 39.4 Å². The number of methoxy groups -OCH3 is 2. The maximum atomic E-state index is 7.00. The summed E-state index contributed by atoms with van der Waals surface area (Å²) in [6.07, 6.45) is 2.00. The molecule has 0 fully saturated rings. The highest BCUT2D eigenvalue weighted by Crippen LogP contribution is 2.42. The van der Waals surface area contributed by atoms with Crippen molar-refractivity contribution in [1.29, 1.82) is 0 Å². The molecule has 16 heavy (non-hydrogen) atoms. The molecule has 0 aromatic heterocycles. The van der Waals surface area contributed by atoms with Crippen molar-refractivity contribution in [2.45, 2.75) is 9.79 Å². The number of aliphatic hydroxyl groups excluding tert-OH is 1. The second-order valence-electron chi connectivity index (χ2n) is 2.44. The largest absolute Gasteiger partial charge is 0.495 e. The highest BCUT2D eigenvalue weighted by molar-refractivity contribution is 8.21. The summed E-state index contributed by atoms with van der Waals surface area (Å²) in [5.74, 6) is 1.49. The van der Waals surface area contributed by atoms with Gasteiger partial charge >= 0.3 is 0 Å². The predicted octanol–water partition coefficient (Wildman–Crippen LogP) is 3.28. The number of aliphatic hydroxyl groups is 1. The molecule has 1 N–H and O–H groups in total. The number of thioether (sulfide) groups is 1. The quantitative estimate of drug-likeness (QED) is 0.858. The van der Waals surface area contributed by atoms with E-state index in [1.807, 2.05) is 18.4 Å². The molecule has 1 rings (SSSR count). The van der Waals surface area contributed by atoms with Crippen LogP contribution in [0.5, 0.6) is 11.5 Å². The summed E-state index contributed by atoms with van der Waals surface area (Å²) < 4.78 is 10.4. The van der Waals surface area contributed by atoms with Crippen molar-refractivity contribution in [1.82, 2.24) is 0 Å². The number of hydrogen-bond acceptors (Lipinski definition) is 5. The lowest BCUT2D eigenvalue weighted by atomic mass is 10.3. The van der Waals surface area contributed by atoms with Gasteiger partial charge in [0.15, 0.2) is 0 Å². The molecular weight excluding hydrogens is 268 g/mol. The van der Waals surface area contributed by atoms with Gasteiger partial charge in [-0.15, -0.1) is 11.8 Å². The molecule has 92 valence electrons. The topological polar surface area (TPSA) is 38.7 Å². The molecular formula is C10H15ClO3S2. The molecule has 0 bridgehead atoms. The van der Waals surface area contributed by atoms with Gasteiger partial charge in [0.2, 0.25) is 0 Å². The van der Waals surface area contributed by atoms with Crippen molar-refractivity contribution in [3.05, 3.63) is 12.1 Å². The van der Waals surface area contributed by atoms with E-state index in [9.17, 15) is 0 Å². The van der Waals surface area contributed by atoms with E-state index < -0.39 is 0 Å². The molecule has 1 aromatic rings. The van der Waals surface area contributed by atoms with Crippen LogP contribution in [0.4, 0.5) is 0 Å². The summed E-state index contributed by atoms with van der Waals surface area (Å²) in [5, 5.41) is 7.00. The molecule has 0 aliphatic heterocycles. The third-order valence-electron chi connectivity index (χ3n) is 1.75. The van der Waals surface area contributed by atoms with Gasteiger partial charge in [0.1, 0.15) is 16.4 Å². The van der Waals surface area contributed by atoms with E-state index in [0.29, 0.717) is 0 Å². The smallest absolute Gasteiger partial charge is 0.138 e. The summed E-state index contributed by atoms with van der Waals surface area (Å²) in [6.45, 7) is 0. The minimum Gasteiger partial charge on any atom is -0.495 e. The van der Waals surface area contributed by atoms with Crippen molar-refractivity contribution in [3.63, 3.8) is 0 Å². The fourth-order valence-electron chi connectivity index (χ4n) is 1.05. The van der Waals surface area contributed by atoms with E-state index in [-0.39, 0.29) is 0 Å². The number of benzene rings is 1. The van der Waals surface area contributed by atoms with Gasteiger partial charge in [-0.05, 0) is 40.0 Å². The van der Waals surface area contributed by atoms with Crippen LogP contribution in [0.25, 0.3) is 0 Å². The van der Waals surface area contributed by atoms with Crippen LogP contribution in [0.2, 0.25) is 0 Å². The number of ether oxygens (including phenoxy) is 2. The zero-order chi connectivity index (χ0) is 12.6. The molecule has 0 heterocycles. The number of hydrogen-bond donors (Lipinski definition) is 1. The van der Waals surface area contributed by atoms with Crippen LogP contribution in [0, 0.1) is 0 Å². The van der Waals surface area contributed by atoms with Gasteiger partial charge in [0.05, 0.1) is 14.2 Å². The molecule has 6 heteroatoms. The Hall–Kier alpha value is -0.230. The molecule has 0 saturated heterocycles. The van der Waals surface area contributed by atoms with E-state index in [4.69, 9.17) is 25.3 Å². The lowest BCUT2D eigenvalue weighted by Crippen LogP contribution is -1.91. The lowest BCUT2D eigenvalue weighted by molar-refractivity contribution is 0.374. The zero-order valence-corrected chi connectivity index (χ0v) is 12.0. The molecule has 0 amide bonds. The average molecular weight is 283 g/mol. The lowest BCUT2D eigenvalue weighted by Gasteiger charge is -2.11. The zero-order valence-electron chi connectivity index (χ0n) is 9.61. The average Bonchev–Trinajstić information content (AvgIpc) is 2.39. The first-order valence-corrected chi connectivity index (χ1v) is 7.16. The van der Waals surface area contributed by atoms with Crippen molar-refractivity contribution < 1.29 is 14.6 Å². The first-order valence-electron chi connectivity index (χ1n) is 4.30. The second-order valence-corrected chi connectivity index (χ2v) is 4.34. The molecule has 0 aliphatic rings. The maximum absolute atomic E-state index is 7.00. The van der Waals surface area contributed by atoms with Crippen LogP contribution in [0.3, 0.4) is 0 Å². The highest BCUT2D eigenvalue weighted by Gasteiger charge is 2.11. The molecule has 0 unspecified atom stereocenters. The normalized spacial score (nSPS) is 9.12. The van der Waals surface area contributed by atoms with E-state index in [2.05, 4.69) is 0 Å². The maximum Gasteiger partial charge on any atom is 0.138 e. The van der Waals surface area contributed by atoms with Gasteiger partial charge in [-0.3, -0.25) is 0 Å². The van der Waals surface area contributed by atoms with Gasteiger partial charge in [-0.1, -0.05) is 0 Å². The number of halogens is 1. The van der Waals surface area contributed by atoms with Gasteiger partial charge in [-0.2, -0.15) is 0 Å². The monoisotopic (exact) mass is 282 g/mol. The summed E-state index contributed by atoms with van der Waals surface area (Å²) in [7, 11) is 11.1. The Bertz CT molecular complexity index is 296. The van der Waals surface area contributed by atoms with Crippen molar-refractivity contribution in [3.8, 4) is 11.5 Å². The third-order valence-corrected chi connectivity index (χ3v) is 3.47. The van der Waals surface area contributed by atoms with Gasteiger partial charge in [-0.25, -0.2) is 0 Å². The minimum atomic E-state index is 0.744. The molecule has 0 saturated carbocycles. The second kappa shape index (κ2) is 8.87. The Kier molecular flexibility index (Phi) is 8.74. The molecule has 0 radical (unpaired) electrons. The molecule has 0 atom stereocenters. The first-order chi connectivity index (χ1) is 7.76. The van der Waals surface area contributed by atoms with Gasteiger partial charge < -0.3 is 14.6 Å². The van der Waals surface area contributed by atoms with E-state index >= 15 is 0 Å². The number of rotatable bonds is 4. The first kappa shape index (κ1) is 15.8. The van der Waals surface area contributed by atoms with Crippen LogP contribution >= 0.6 is 33.4 Å². The Morgan fingerprint density at radius 1 is 1.12 bits per heavy atom. The minimum absolute atomic E-state index is 0.744. The predicted molar refractivity (Wildman–Crippen MR) is 71.2 cm³/mol. The summed E-state index contributed by atoms with van der Waals surface area (Å²) in [6, 6.07) is 3.88. The summed E-state index contributed by atoms with van der Waals surface area (Å²) in [4.78, 5) is 1.91.